The number of benzene rings is 1. The molecule has 0 saturated heterocycles. The van der Waals surface area contributed by atoms with Crippen LogP contribution in [0.25, 0.3) is 5.53 Å². The van der Waals surface area contributed by atoms with Crippen LogP contribution in [0.2, 0.25) is 0 Å². The van der Waals surface area contributed by atoms with E-state index in [1.807, 2.05) is 18.2 Å². The molecule has 0 atom stereocenters. The van der Waals surface area contributed by atoms with Gasteiger partial charge >= 0.3 is 5.71 Å². The first-order chi connectivity index (χ1) is 8.81. The molecule has 1 aliphatic carbocycles. The van der Waals surface area contributed by atoms with Crippen LogP contribution in [0, 0.1) is 5.92 Å². The van der Waals surface area contributed by atoms with Crippen molar-refractivity contribution in [2.45, 2.75) is 38.5 Å². The van der Waals surface area contributed by atoms with Crippen LogP contribution in [0.15, 0.2) is 30.3 Å². The maximum absolute atomic E-state index is 12.2. The van der Waals surface area contributed by atoms with Crippen molar-refractivity contribution in [3.05, 3.63) is 41.4 Å². The summed E-state index contributed by atoms with van der Waals surface area (Å²) in [6.07, 6.45) is 6.47. The fourth-order valence-electron chi connectivity index (χ4n) is 2.62. The molecule has 0 aliphatic heterocycles. The maximum Gasteiger partial charge on any atom is 0.364 e. The molecule has 0 radical (unpaired) electrons. The number of rotatable bonds is 4. The summed E-state index contributed by atoms with van der Waals surface area (Å²) in [6, 6.07) is 9.16. The fraction of sp³-hybridized carbons (Fsp3) is 0.467. The molecule has 0 heterocycles. The van der Waals surface area contributed by atoms with E-state index in [0.29, 0.717) is 17.9 Å². The van der Waals surface area contributed by atoms with Gasteiger partial charge in [-0.3, -0.25) is 4.79 Å². The van der Waals surface area contributed by atoms with Gasteiger partial charge in [-0.2, -0.15) is 4.79 Å². The van der Waals surface area contributed by atoms with E-state index in [4.69, 9.17) is 5.53 Å². The van der Waals surface area contributed by atoms with Gasteiger partial charge in [-0.1, -0.05) is 50.3 Å². The van der Waals surface area contributed by atoms with Crippen LogP contribution in [-0.4, -0.2) is 16.3 Å². The Balaban J connectivity index is 2.05. The van der Waals surface area contributed by atoms with Crippen molar-refractivity contribution in [2.24, 2.45) is 5.92 Å². The smallest absolute Gasteiger partial charge is 0.361 e. The Morgan fingerprint density at radius 1 is 1.17 bits per heavy atom. The van der Waals surface area contributed by atoms with E-state index in [-0.39, 0.29) is 11.5 Å². The molecule has 18 heavy (non-hydrogen) atoms. The van der Waals surface area contributed by atoms with Gasteiger partial charge in [0.1, 0.15) is 0 Å². The summed E-state index contributed by atoms with van der Waals surface area (Å²) >= 11 is 0. The lowest BCUT2D eigenvalue weighted by Gasteiger charge is -2.19. The van der Waals surface area contributed by atoms with Gasteiger partial charge in [-0.25, -0.2) is 0 Å². The van der Waals surface area contributed by atoms with Gasteiger partial charge in [0.25, 0.3) is 0 Å². The van der Waals surface area contributed by atoms with Crippen molar-refractivity contribution in [3.63, 3.8) is 0 Å². The van der Waals surface area contributed by atoms with Gasteiger partial charge in [-0.15, -0.1) is 0 Å². The molecule has 1 aromatic carbocycles. The molecule has 2 rings (SSSR count). The lowest BCUT2D eigenvalue weighted by molar-refractivity contribution is -0.118. The minimum Gasteiger partial charge on any atom is -0.361 e. The summed E-state index contributed by atoms with van der Waals surface area (Å²) in [7, 11) is 0. The van der Waals surface area contributed by atoms with E-state index in [1.165, 1.54) is 19.3 Å². The Hall–Kier alpha value is -1.73. The second-order valence-electron chi connectivity index (χ2n) is 4.95. The van der Waals surface area contributed by atoms with Crippen molar-refractivity contribution in [3.8, 4) is 0 Å². The third-order valence-corrected chi connectivity index (χ3v) is 3.61. The topological polar surface area (TPSA) is 53.5 Å². The normalized spacial score (nSPS) is 16.0. The van der Waals surface area contributed by atoms with Crippen LogP contribution in [0.5, 0.6) is 0 Å². The summed E-state index contributed by atoms with van der Waals surface area (Å²) in [5.74, 6) is 0.419. The summed E-state index contributed by atoms with van der Waals surface area (Å²) in [5, 5.41) is 0. The summed E-state index contributed by atoms with van der Waals surface area (Å²) < 4.78 is 0. The molecule has 1 aliphatic rings. The monoisotopic (exact) mass is 242 g/mol. The van der Waals surface area contributed by atoms with E-state index in [1.54, 1.807) is 12.1 Å². The van der Waals surface area contributed by atoms with Crippen molar-refractivity contribution in [1.82, 2.24) is 0 Å². The highest BCUT2D eigenvalue weighted by atomic mass is 16.1. The Morgan fingerprint density at radius 2 is 1.83 bits per heavy atom. The maximum atomic E-state index is 12.2. The molecule has 0 amide bonds. The van der Waals surface area contributed by atoms with Gasteiger partial charge in [0.15, 0.2) is 0 Å². The van der Waals surface area contributed by atoms with Crippen LogP contribution in [-0.2, 0) is 4.79 Å². The Morgan fingerprint density at radius 3 is 2.44 bits per heavy atom. The van der Waals surface area contributed by atoms with Crippen LogP contribution >= 0.6 is 0 Å². The number of nitrogens with zero attached hydrogens (tertiary/aromatic N) is 2. The van der Waals surface area contributed by atoms with Crippen molar-refractivity contribution in [2.75, 3.05) is 0 Å². The standard InChI is InChI=1S/C15H18N2O/c16-17-15(13-9-5-2-6-10-13)14(18)11-12-7-3-1-4-8-12/h2,5-6,9-10,12H,1,3-4,7-8,11H2. The second-order valence-corrected chi connectivity index (χ2v) is 4.95. The predicted octanol–water partition coefficient (Wildman–Crippen LogP) is 3.25. The summed E-state index contributed by atoms with van der Waals surface area (Å²) in [4.78, 5) is 15.3. The molecular weight excluding hydrogens is 224 g/mol. The molecule has 1 saturated carbocycles. The number of ketones is 1. The Labute approximate surface area is 107 Å². The Bertz CT molecular complexity index is 455. The van der Waals surface area contributed by atoms with E-state index < -0.39 is 0 Å². The zero-order valence-electron chi connectivity index (χ0n) is 10.5. The highest BCUT2D eigenvalue weighted by Crippen LogP contribution is 2.26. The van der Waals surface area contributed by atoms with E-state index in [0.717, 1.165) is 12.8 Å². The molecule has 3 heteroatoms. The third kappa shape index (κ3) is 3.14. The van der Waals surface area contributed by atoms with Gasteiger partial charge in [0, 0.05) is 6.42 Å². The fourth-order valence-corrected chi connectivity index (χ4v) is 2.62. The summed E-state index contributed by atoms with van der Waals surface area (Å²) in [5.41, 5.74) is 9.94. The molecule has 0 N–H and O–H groups in total. The van der Waals surface area contributed by atoms with E-state index in [2.05, 4.69) is 4.79 Å². The van der Waals surface area contributed by atoms with Gasteiger partial charge in [0.05, 0.1) is 5.56 Å². The van der Waals surface area contributed by atoms with Crippen LogP contribution < -0.4 is 0 Å². The highest BCUT2D eigenvalue weighted by Gasteiger charge is 2.26. The molecule has 94 valence electrons. The third-order valence-electron chi connectivity index (χ3n) is 3.61. The van der Waals surface area contributed by atoms with E-state index in [9.17, 15) is 4.79 Å². The largest absolute Gasteiger partial charge is 0.364 e. The lowest BCUT2D eigenvalue weighted by Crippen LogP contribution is -2.21. The first-order valence-corrected chi connectivity index (χ1v) is 6.62. The molecule has 0 bridgehead atoms. The number of hydrogen-bond donors (Lipinski definition) is 0. The van der Waals surface area contributed by atoms with Crippen molar-refractivity contribution in [1.29, 1.82) is 0 Å². The number of carbonyl (C=O) groups is 1. The zero-order chi connectivity index (χ0) is 12.8. The SMILES string of the molecule is [N-]=[N+]=C(C(=O)CC1CCCCC1)c1ccccc1. The van der Waals surface area contributed by atoms with Crippen LogP contribution in [0.3, 0.4) is 0 Å². The molecule has 1 fully saturated rings. The number of Topliss-reactive ketones (excluding diaryl/α,β-unsaturated/α-hetero) is 1. The first-order valence-electron chi connectivity index (χ1n) is 6.62. The highest BCUT2D eigenvalue weighted by molar-refractivity contribution is 6.43. The predicted molar refractivity (Wildman–Crippen MR) is 70.4 cm³/mol. The zero-order valence-corrected chi connectivity index (χ0v) is 10.5. The molecule has 1 aromatic rings. The minimum absolute atomic E-state index is 0.0457. The Kier molecular flexibility index (Phi) is 4.43. The lowest BCUT2D eigenvalue weighted by atomic mass is 9.84. The molecular formula is C15H18N2O. The molecule has 0 aromatic heterocycles. The average Bonchev–Trinajstić information content (AvgIpc) is 2.42. The van der Waals surface area contributed by atoms with Gasteiger partial charge < -0.3 is 5.53 Å². The van der Waals surface area contributed by atoms with Gasteiger partial charge in [-0.05, 0) is 18.1 Å². The summed E-state index contributed by atoms with van der Waals surface area (Å²) in [6.45, 7) is 0. The van der Waals surface area contributed by atoms with Crippen molar-refractivity contribution >= 4 is 11.5 Å². The number of carbonyl (C=O) groups excluding carboxylic acids is 1. The molecule has 3 nitrogen and oxygen atoms in total. The average molecular weight is 242 g/mol. The second kappa shape index (κ2) is 6.27. The quantitative estimate of drug-likeness (QED) is 0.454. The van der Waals surface area contributed by atoms with Gasteiger partial charge in [0.2, 0.25) is 5.78 Å². The van der Waals surface area contributed by atoms with E-state index >= 15 is 0 Å². The van der Waals surface area contributed by atoms with Crippen LogP contribution in [0.1, 0.15) is 44.1 Å². The molecule has 0 spiro atoms. The number of hydrogen-bond acceptors (Lipinski definition) is 1. The molecule has 0 unspecified atom stereocenters. The van der Waals surface area contributed by atoms with Crippen LogP contribution in [0.4, 0.5) is 0 Å². The van der Waals surface area contributed by atoms with Crippen molar-refractivity contribution < 1.29 is 9.58 Å². The first kappa shape index (κ1) is 12.7. The minimum atomic E-state index is -0.0457.